The number of fused-ring (bicyclic) bond motifs is 15. The Morgan fingerprint density at radius 3 is 1.23 bits per heavy atom. The van der Waals surface area contributed by atoms with E-state index in [4.69, 9.17) is 4.42 Å². The summed E-state index contributed by atoms with van der Waals surface area (Å²) < 4.78 is 6.65. The summed E-state index contributed by atoms with van der Waals surface area (Å²) in [4.78, 5) is 0. The van der Waals surface area contributed by atoms with Crippen molar-refractivity contribution in [2.45, 2.75) is 13.8 Å². The van der Waals surface area contributed by atoms with Gasteiger partial charge in [0.1, 0.15) is 11.2 Å². The lowest BCUT2D eigenvalue weighted by molar-refractivity contribution is 0.670. The molecular formula is C68H42O. The van der Waals surface area contributed by atoms with Gasteiger partial charge in [-0.3, -0.25) is 0 Å². The van der Waals surface area contributed by atoms with Crippen molar-refractivity contribution in [2.75, 3.05) is 0 Å². The van der Waals surface area contributed by atoms with Gasteiger partial charge in [-0.15, -0.1) is 0 Å². The summed E-state index contributed by atoms with van der Waals surface area (Å²) in [5, 5.41) is 24.8. The van der Waals surface area contributed by atoms with Gasteiger partial charge in [-0.25, -0.2) is 0 Å². The molecule has 1 heterocycles. The molecule has 0 atom stereocenters. The lowest BCUT2D eigenvalue weighted by Gasteiger charge is -2.18. The molecule has 0 spiro atoms. The van der Waals surface area contributed by atoms with Crippen LogP contribution < -0.4 is 0 Å². The van der Waals surface area contributed by atoms with Crippen molar-refractivity contribution in [3.63, 3.8) is 0 Å². The normalized spacial score (nSPS) is 12.2. The molecule has 0 N–H and O–H groups in total. The molecular weight excluding hydrogens is 833 g/mol. The van der Waals surface area contributed by atoms with Gasteiger partial charge in [-0.2, -0.15) is 0 Å². The van der Waals surface area contributed by atoms with Gasteiger partial charge in [0.15, 0.2) is 0 Å². The zero-order valence-corrected chi connectivity index (χ0v) is 38.2. The van der Waals surface area contributed by atoms with Crippen LogP contribution in [0.5, 0.6) is 0 Å². The second-order valence-electron chi connectivity index (χ2n) is 19.3. The average molecular weight is 875 g/mol. The van der Waals surface area contributed by atoms with Gasteiger partial charge >= 0.3 is 0 Å². The van der Waals surface area contributed by atoms with Crippen LogP contribution in [0.15, 0.2) is 223 Å². The van der Waals surface area contributed by atoms with E-state index in [-0.39, 0.29) is 0 Å². The highest BCUT2D eigenvalue weighted by Gasteiger charge is 2.19. The minimum Gasteiger partial charge on any atom is -0.456 e. The minimum atomic E-state index is 0.921. The highest BCUT2D eigenvalue weighted by molar-refractivity contribution is 6.29. The van der Waals surface area contributed by atoms with Crippen LogP contribution in [0, 0.1) is 13.8 Å². The number of hydrogen-bond acceptors (Lipinski definition) is 1. The predicted octanol–water partition coefficient (Wildman–Crippen LogP) is 19.6. The third-order valence-electron chi connectivity index (χ3n) is 15.4. The van der Waals surface area contributed by atoms with Gasteiger partial charge in [0.25, 0.3) is 0 Å². The van der Waals surface area contributed by atoms with Crippen molar-refractivity contribution in [1.29, 1.82) is 0 Å². The molecule has 0 aliphatic heterocycles. The van der Waals surface area contributed by atoms with E-state index < -0.39 is 0 Å². The topological polar surface area (TPSA) is 13.1 Å². The summed E-state index contributed by atoms with van der Waals surface area (Å²) in [5.41, 5.74) is 11.8. The van der Waals surface area contributed by atoms with E-state index in [9.17, 15) is 0 Å². The van der Waals surface area contributed by atoms with E-state index in [1.165, 1.54) is 141 Å². The first-order valence-corrected chi connectivity index (χ1v) is 24.0. The van der Waals surface area contributed by atoms with Crippen LogP contribution in [0.25, 0.3) is 152 Å². The van der Waals surface area contributed by atoms with Gasteiger partial charge in [-0.1, -0.05) is 158 Å². The molecule has 0 radical (unpaired) electrons. The molecule has 0 saturated heterocycles. The number of hydrogen-bond donors (Lipinski definition) is 0. The molecule has 0 aliphatic rings. The van der Waals surface area contributed by atoms with Crippen molar-refractivity contribution in [1.82, 2.24) is 0 Å². The molecule has 0 bridgehead atoms. The Kier molecular flexibility index (Phi) is 7.98. The molecule has 0 saturated carbocycles. The molecule has 1 aromatic heterocycles. The van der Waals surface area contributed by atoms with Gasteiger partial charge < -0.3 is 4.42 Å². The van der Waals surface area contributed by atoms with Crippen LogP contribution in [0.4, 0.5) is 0 Å². The Bertz CT molecular complexity index is 4680. The highest BCUT2D eigenvalue weighted by Crippen LogP contribution is 2.46. The lowest BCUT2D eigenvalue weighted by atomic mass is 9.85. The summed E-state index contributed by atoms with van der Waals surface area (Å²) >= 11 is 0. The van der Waals surface area contributed by atoms with Crippen molar-refractivity contribution in [3.8, 4) is 33.4 Å². The maximum Gasteiger partial charge on any atom is 0.136 e. The fourth-order valence-corrected chi connectivity index (χ4v) is 11.8. The first-order chi connectivity index (χ1) is 34.0. The van der Waals surface area contributed by atoms with Gasteiger partial charge in [0, 0.05) is 10.8 Å². The molecule has 1 nitrogen and oxygen atoms in total. The molecule has 0 fully saturated rings. The van der Waals surface area contributed by atoms with Crippen LogP contribution in [-0.2, 0) is 0 Å². The Labute approximate surface area is 398 Å². The third-order valence-corrected chi connectivity index (χ3v) is 15.4. The first kappa shape index (κ1) is 38.3. The Balaban J connectivity index is 0.893. The van der Waals surface area contributed by atoms with Crippen LogP contribution in [0.3, 0.4) is 0 Å². The Morgan fingerprint density at radius 2 is 0.609 bits per heavy atom. The lowest BCUT2D eigenvalue weighted by Crippen LogP contribution is -1.91. The van der Waals surface area contributed by atoms with E-state index in [1.54, 1.807) is 0 Å². The SMILES string of the molecule is Cc1cc2c3cc(-c4ccc5ccc(-c6c7ccccc7c(-c7ccc8cc9ccccc9cc8c7)c7ccccc67)cc5c4)ccc3c3cc4oc5cc6ccccc6cc5c4cc3c2cc1C. The molecule has 15 rings (SSSR count). The van der Waals surface area contributed by atoms with E-state index in [1.807, 2.05) is 0 Å². The van der Waals surface area contributed by atoms with Crippen LogP contribution >= 0.6 is 0 Å². The fourth-order valence-electron chi connectivity index (χ4n) is 11.8. The maximum absolute atomic E-state index is 6.65. The molecule has 0 aliphatic carbocycles. The van der Waals surface area contributed by atoms with Gasteiger partial charge in [0.05, 0.1) is 0 Å². The van der Waals surface area contributed by atoms with E-state index in [0.29, 0.717) is 0 Å². The van der Waals surface area contributed by atoms with Crippen molar-refractivity contribution in [3.05, 3.63) is 230 Å². The Hall–Kier alpha value is -8.78. The summed E-state index contributed by atoms with van der Waals surface area (Å²) in [5.74, 6) is 0. The molecule has 14 aromatic carbocycles. The number of aryl methyl sites for hydroxylation is 2. The quantitative estimate of drug-likeness (QED) is 0.127. The monoisotopic (exact) mass is 874 g/mol. The molecule has 15 aromatic rings. The zero-order chi connectivity index (χ0) is 45.5. The van der Waals surface area contributed by atoms with Crippen molar-refractivity contribution < 1.29 is 4.42 Å². The van der Waals surface area contributed by atoms with Crippen LogP contribution in [0.1, 0.15) is 11.1 Å². The molecule has 0 unspecified atom stereocenters. The van der Waals surface area contributed by atoms with E-state index in [2.05, 4.69) is 232 Å². The molecule has 1 heteroatoms. The van der Waals surface area contributed by atoms with Gasteiger partial charge in [-0.05, 0) is 216 Å². The zero-order valence-electron chi connectivity index (χ0n) is 38.2. The average Bonchev–Trinajstić information content (AvgIpc) is 3.74. The van der Waals surface area contributed by atoms with Crippen molar-refractivity contribution in [2.24, 2.45) is 0 Å². The van der Waals surface area contributed by atoms with Gasteiger partial charge in [0.2, 0.25) is 0 Å². The number of rotatable bonds is 3. The molecule has 320 valence electrons. The fraction of sp³-hybridized carbons (Fsp3) is 0.0294. The summed E-state index contributed by atoms with van der Waals surface area (Å²) in [6, 6.07) is 81.8. The van der Waals surface area contributed by atoms with Crippen LogP contribution in [-0.4, -0.2) is 0 Å². The maximum atomic E-state index is 6.65. The minimum absolute atomic E-state index is 0.921. The largest absolute Gasteiger partial charge is 0.456 e. The third kappa shape index (κ3) is 5.78. The molecule has 0 amide bonds. The summed E-state index contributed by atoms with van der Waals surface area (Å²) in [6.45, 7) is 4.47. The second kappa shape index (κ2) is 14.4. The van der Waals surface area contributed by atoms with E-state index in [0.717, 1.165) is 21.9 Å². The van der Waals surface area contributed by atoms with E-state index >= 15 is 0 Å². The predicted molar refractivity (Wildman–Crippen MR) is 297 cm³/mol. The standard InChI is InChI=1S/C68H42O/c1-39-27-58-59(28-40(39)2)61-37-64-63-35-44-13-5-6-14-45(44)36-65(63)69-66(64)38-62(61)53-26-25-48(34-60(53)58)46-21-19-41-20-23-49(32-51(41)31-46)67-54-15-7-9-17-56(54)68(57-18-10-8-16-55(57)67)50-24-22-47-29-42-11-3-4-12-43(42)30-52(47)33-50/h3-38H,1-2H3. The molecule has 69 heavy (non-hydrogen) atoms. The second-order valence-corrected chi connectivity index (χ2v) is 19.3. The summed E-state index contributed by atoms with van der Waals surface area (Å²) in [7, 11) is 0. The highest BCUT2D eigenvalue weighted by atomic mass is 16.3. The Morgan fingerprint density at radius 1 is 0.217 bits per heavy atom. The van der Waals surface area contributed by atoms with Crippen molar-refractivity contribution >= 4 is 119 Å². The number of benzene rings is 14. The number of furan rings is 1. The first-order valence-electron chi connectivity index (χ1n) is 24.0. The smallest absolute Gasteiger partial charge is 0.136 e. The van der Waals surface area contributed by atoms with Crippen LogP contribution in [0.2, 0.25) is 0 Å². The summed E-state index contributed by atoms with van der Waals surface area (Å²) in [6.07, 6.45) is 0.